The first-order valence-electron chi connectivity index (χ1n) is 7.27. The second-order valence-corrected chi connectivity index (χ2v) is 6.09. The smallest absolute Gasteiger partial charge is 0.00825 e. The first-order chi connectivity index (χ1) is 8.85. The van der Waals surface area contributed by atoms with Crippen LogP contribution in [-0.4, -0.2) is 24.5 Å². The first kappa shape index (κ1) is 13.8. The zero-order chi connectivity index (χ0) is 12.8. The summed E-state index contributed by atoms with van der Waals surface area (Å²) in [6.07, 6.45) is 8.74. The van der Waals surface area contributed by atoms with Gasteiger partial charge in [0.2, 0.25) is 0 Å². The van der Waals surface area contributed by atoms with E-state index in [1.54, 1.807) is 4.88 Å². The van der Waals surface area contributed by atoms with Crippen LogP contribution in [0.2, 0.25) is 0 Å². The topological polar surface area (TPSA) is 3.24 Å². The molecule has 0 saturated heterocycles. The lowest BCUT2D eigenvalue weighted by atomic mass is 9.87. The van der Waals surface area contributed by atoms with Gasteiger partial charge in [-0.05, 0) is 56.3 Å². The Hall–Kier alpha value is -0.600. The standard InChI is InChI=1S/C16H25NS/c1-3-17(4-2)12-11-15(14-8-5-6-9-14)16-10-7-13-18-16/h5,7-8,10,13-15H,3-4,6,9,11-12H2,1-2H3/t14-,15+/m0/s1. The fraction of sp³-hybridized carbons (Fsp3) is 0.625. The third-order valence-corrected chi connectivity index (χ3v) is 5.13. The van der Waals surface area contributed by atoms with Crippen molar-refractivity contribution in [2.75, 3.05) is 19.6 Å². The van der Waals surface area contributed by atoms with Gasteiger partial charge < -0.3 is 4.90 Å². The molecule has 2 rings (SSSR count). The number of hydrogen-bond donors (Lipinski definition) is 0. The van der Waals surface area contributed by atoms with Crippen molar-refractivity contribution in [1.29, 1.82) is 0 Å². The average Bonchev–Trinajstić information content (AvgIpc) is 3.07. The third-order valence-electron chi connectivity index (χ3n) is 4.13. The lowest BCUT2D eigenvalue weighted by molar-refractivity contribution is 0.280. The molecule has 0 N–H and O–H groups in total. The Morgan fingerprint density at radius 1 is 1.39 bits per heavy atom. The van der Waals surface area contributed by atoms with Crippen molar-refractivity contribution in [3.8, 4) is 0 Å². The van der Waals surface area contributed by atoms with Gasteiger partial charge in [-0.15, -0.1) is 11.3 Å². The van der Waals surface area contributed by atoms with Crippen molar-refractivity contribution in [3.63, 3.8) is 0 Å². The molecule has 0 aromatic carbocycles. The zero-order valence-electron chi connectivity index (χ0n) is 11.6. The summed E-state index contributed by atoms with van der Waals surface area (Å²) < 4.78 is 0. The molecule has 100 valence electrons. The van der Waals surface area contributed by atoms with E-state index >= 15 is 0 Å². The predicted octanol–water partition coefficient (Wildman–Crippen LogP) is 4.53. The minimum Gasteiger partial charge on any atom is -0.304 e. The molecule has 1 aliphatic carbocycles. The van der Waals surface area contributed by atoms with Gasteiger partial charge in [0.15, 0.2) is 0 Å². The van der Waals surface area contributed by atoms with Crippen LogP contribution in [0, 0.1) is 5.92 Å². The van der Waals surface area contributed by atoms with Gasteiger partial charge in [0.25, 0.3) is 0 Å². The molecule has 0 bridgehead atoms. The van der Waals surface area contributed by atoms with Gasteiger partial charge in [-0.3, -0.25) is 0 Å². The molecule has 1 nitrogen and oxygen atoms in total. The Labute approximate surface area is 116 Å². The van der Waals surface area contributed by atoms with Crippen molar-refractivity contribution in [2.24, 2.45) is 5.92 Å². The van der Waals surface area contributed by atoms with E-state index in [-0.39, 0.29) is 0 Å². The Balaban J connectivity index is 1.99. The molecule has 1 heterocycles. The van der Waals surface area contributed by atoms with E-state index in [4.69, 9.17) is 0 Å². The van der Waals surface area contributed by atoms with Gasteiger partial charge in [-0.2, -0.15) is 0 Å². The number of nitrogens with zero attached hydrogens (tertiary/aromatic N) is 1. The summed E-state index contributed by atoms with van der Waals surface area (Å²) in [7, 11) is 0. The number of allylic oxidation sites excluding steroid dienone is 2. The lowest BCUT2D eigenvalue weighted by Crippen LogP contribution is -2.26. The van der Waals surface area contributed by atoms with Crippen LogP contribution in [0.3, 0.4) is 0 Å². The van der Waals surface area contributed by atoms with Crippen LogP contribution in [0.4, 0.5) is 0 Å². The fourth-order valence-corrected chi connectivity index (χ4v) is 3.86. The van der Waals surface area contributed by atoms with E-state index in [2.05, 4.69) is 48.4 Å². The molecule has 1 aromatic heterocycles. The van der Waals surface area contributed by atoms with Gasteiger partial charge in [-0.1, -0.05) is 32.1 Å². The SMILES string of the molecule is CCN(CC)CC[C@@H](c1cccs1)[C@H]1C=CCC1. The van der Waals surface area contributed by atoms with E-state index in [1.807, 2.05) is 11.3 Å². The monoisotopic (exact) mass is 263 g/mol. The number of thiophene rings is 1. The Morgan fingerprint density at radius 2 is 2.22 bits per heavy atom. The van der Waals surface area contributed by atoms with Gasteiger partial charge >= 0.3 is 0 Å². The Kier molecular flexibility index (Phi) is 5.45. The van der Waals surface area contributed by atoms with Crippen LogP contribution in [0.25, 0.3) is 0 Å². The second kappa shape index (κ2) is 7.10. The van der Waals surface area contributed by atoms with Gasteiger partial charge in [-0.25, -0.2) is 0 Å². The summed E-state index contributed by atoms with van der Waals surface area (Å²) in [4.78, 5) is 4.12. The van der Waals surface area contributed by atoms with Crippen molar-refractivity contribution >= 4 is 11.3 Å². The molecule has 0 amide bonds. The van der Waals surface area contributed by atoms with E-state index in [0.29, 0.717) is 0 Å². The maximum Gasteiger partial charge on any atom is 0.00825 e. The van der Waals surface area contributed by atoms with Crippen LogP contribution >= 0.6 is 11.3 Å². The van der Waals surface area contributed by atoms with Crippen LogP contribution in [0.15, 0.2) is 29.7 Å². The highest BCUT2D eigenvalue weighted by molar-refractivity contribution is 7.10. The van der Waals surface area contributed by atoms with Crippen LogP contribution < -0.4 is 0 Å². The van der Waals surface area contributed by atoms with E-state index in [0.717, 1.165) is 11.8 Å². The summed E-state index contributed by atoms with van der Waals surface area (Å²) in [6.45, 7) is 8.11. The average molecular weight is 263 g/mol. The maximum atomic E-state index is 2.54. The molecule has 1 aromatic rings. The van der Waals surface area contributed by atoms with Gasteiger partial charge in [0.1, 0.15) is 0 Å². The maximum absolute atomic E-state index is 2.54. The largest absolute Gasteiger partial charge is 0.304 e. The third kappa shape index (κ3) is 3.46. The van der Waals surface area contributed by atoms with Crippen LogP contribution in [0.1, 0.15) is 43.9 Å². The van der Waals surface area contributed by atoms with Crippen LogP contribution in [0.5, 0.6) is 0 Å². The highest BCUT2D eigenvalue weighted by Gasteiger charge is 2.24. The molecular weight excluding hydrogens is 238 g/mol. The summed E-state index contributed by atoms with van der Waals surface area (Å²) >= 11 is 1.93. The first-order valence-corrected chi connectivity index (χ1v) is 8.15. The summed E-state index contributed by atoms with van der Waals surface area (Å²) in [5.74, 6) is 1.52. The van der Waals surface area contributed by atoms with E-state index in [9.17, 15) is 0 Å². The van der Waals surface area contributed by atoms with Gasteiger partial charge in [0.05, 0.1) is 0 Å². The molecule has 2 heteroatoms. The van der Waals surface area contributed by atoms with Crippen LogP contribution in [-0.2, 0) is 0 Å². The van der Waals surface area contributed by atoms with E-state index < -0.39 is 0 Å². The lowest BCUT2D eigenvalue weighted by Gasteiger charge is -2.25. The molecule has 1 aliphatic rings. The molecule has 0 saturated carbocycles. The van der Waals surface area contributed by atoms with Crippen molar-refractivity contribution < 1.29 is 0 Å². The predicted molar refractivity (Wildman–Crippen MR) is 81.3 cm³/mol. The normalized spacial score (nSPS) is 20.7. The quantitative estimate of drug-likeness (QED) is 0.653. The molecule has 2 atom stereocenters. The molecule has 18 heavy (non-hydrogen) atoms. The summed E-state index contributed by atoms with van der Waals surface area (Å²) in [5, 5.41) is 2.22. The second-order valence-electron chi connectivity index (χ2n) is 5.11. The Morgan fingerprint density at radius 3 is 2.78 bits per heavy atom. The van der Waals surface area contributed by atoms with E-state index in [1.165, 1.54) is 38.9 Å². The minimum atomic E-state index is 0.740. The highest BCUT2D eigenvalue weighted by Crippen LogP contribution is 2.37. The fourth-order valence-electron chi connectivity index (χ4n) is 2.92. The molecule has 0 unspecified atom stereocenters. The van der Waals surface area contributed by atoms with Crippen molar-refractivity contribution in [2.45, 2.75) is 39.0 Å². The van der Waals surface area contributed by atoms with Gasteiger partial charge in [0, 0.05) is 10.8 Å². The molecule has 0 fully saturated rings. The summed E-state index contributed by atoms with van der Waals surface area (Å²) in [5.41, 5.74) is 0. The minimum absolute atomic E-state index is 0.740. The molecule has 0 spiro atoms. The molecule has 0 aliphatic heterocycles. The number of hydrogen-bond acceptors (Lipinski definition) is 2. The summed E-state index contributed by atoms with van der Waals surface area (Å²) in [6, 6.07) is 4.52. The Bertz CT molecular complexity index is 351. The highest BCUT2D eigenvalue weighted by atomic mass is 32.1. The molecule has 0 radical (unpaired) electrons. The zero-order valence-corrected chi connectivity index (χ0v) is 12.5. The van der Waals surface area contributed by atoms with Crippen molar-refractivity contribution in [1.82, 2.24) is 4.90 Å². The molecular formula is C16H25NS. The number of rotatable bonds is 7. The van der Waals surface area contributed by atoms with Crippen molar-refractivity contribution in [3.05, 3.63) is 34.5 Å².